The van der Waals surface area contributed by atoms with Crippen LogP contribution in [0, 0.1) is 0 Å². The number of rotatable bonds is 3. The van der Waals surface area contributed by atoms with Gasteiger partial charge in [-0.25, -0.2) is 0 Å². The van der Waals surface area contributed by atoms with Gasteiger partial charge in [0.05, 0.1) is 5.69 Å². The molecule has 19 heavy (non-hydrogen) atoms. The molecule has 0 spiro atoms. The van der Waals surface area contributed by atoms with Crippen LogP contribution >= 0.6 is 0 Å². The molecule has 0 amide bonds. The summed E-state index contributed by atoms with van der Waals surface area (Å²) in [4.78, 5) is 2.40. The maximum absolute atomic E-state index is 5.11. The third-order valence-corrected chi connectivity index (χ3v) is 3.63. The zero-order valence-electron chi connectivity index (χ0n) is 11.2. The Hall–Kier alpha value is -1.81. The standard InChI is InChI=1S/C15H19N3O/c1-2-14-13(11-19-17-14)10-18-8-7-16-9-12-5-3-4-6-15(12)18/h3-6,11,16H,2,7-10H2,1H3. The molecule has 4 nitrogen and oxygen atoms in total. The Labute approximate surface area is 113 Å². The van der Waals surface area contributed by atoms with E-state index in [2.05, 4.69) is 46.6 Å². The molecule has 0 bridgehead atoms. The van der Waals surface area contributed by atoms with Gasteiger partial charge >= 0.3 is 0 Å². The third kappa shape index (κ3) is 2.49. The summed E-state index contributed by atoms with van der Waals surface area (Å²) >= 11 is 0. The van der Waals surface area contributed by atoms with Gasteiger partial charge in [0.25, 0.3) is 0 Å². The summed E-state index contributed by atoms with van der Waals surface area (Å²) in [5.41, 5.74) is 4.93. The quantitative estimate of drug-likeness (QED) is 0.916. The summed E-state index contributed by atoms with van der Waals surface area (Å²) in [6, 6.07) is 8.59. The summed E-state index contributed by atoms with van der Waals surface area (Å²) in [5, 5.41) is 7.52. The van der Waals surface area contributed by atoms with Crippen molar-refractivity contribution in [3.05, 3.63) is 47.3 Å². The molecule has 0 saturated heterocycles. The fraction of sp³-hybridized carbons (Fsp3) is 0.400. The smallest absolute Gasteiger partial charge is 0.129 e. The molecule has 1 aliphatic heterocycles. The van der Waals surface area contributed by atoms with Crippen molar-refractivity contribution in [1.82, 2.24) is 10.5 Å². The molecule has 3 rings (SSSR count). The van der Waals surface area contributed by atoms with Crippen molar-refractivity contribution in [2.75, 3.05) is 18.0 Å². The van der Waals surface area contributed by atoms with Gasteiger partial charge in [-0.2, -0.15) is 0 Å². The van der Waals surface area contributed by atoms with Crippen LogP contribution in [0.2, 0.25) is 0 Å². The van der Waals surface area contributed by atoms with Crippen molar-refractivity contribution in [3.63, 3.8) is 0 Å². The van der Waals surface area contributed by atoms with Gasteiger partial charge in [-0.05, 0) is 18.1 Å². The molecule has 0 atom stereocenters. The van der Waals surface area contributed by atoms with Crippen LogP contribution in [0.4, 0.5) is 5.69 Å². The molecule has 1 aromatic carbocycles. The Morgan fingerprint density at radius 1 is 1.37 bits per heavy atom. The first-order chi connectivity index (χ1) is 9.38. The molecule has 2 heterocycles. The van der Waals surface area contributed by atoms with Crippen LogP contribution in [0.15, 0.2) is 35.1 Å². The molecule has 4 heteroatoms. The molecule has 100 valence electrons. The lowest BCUT2D eigenvalue weighted by Crippen LogP contribution is -2.28. The van der Waals surface area contributed by atoms with E-state index in [9.17, 15) is 0 Å². The fourth-order valence-electron chi connectivity index (χ4n) is 2.60. The van der Waals surface area contributed by atoms with E-state index in [1.165, 1.54) is 16.8 Å². The third-order valence-electron chi connectivity index (χ3n) is 3.63. The maximum Gasteiger partial charge on any atom is 0.129 e. The summed E-state index contributed by atoms with van der Waals surface area (Å²) < 4.78 is 5.11. The summed E-state index contributed by atoms with van der Waals surface area (Å²) in [5.74, 6) is 0. The van der Waals surface area contributed by atoms with Gasteiger partial charge in [-0.1, -0.05) is 30.3 Å². The number of aryl methyl sites for hydroxylation is 1. The van der Waals surface area contributed by atoms with E-state index in [1.54, 1.807) is 6.26 Å². The average Bonchev–Trinajstić information content (AvgIpc) is 2.80. The number of benzene rings is 1. The van der Waals surface area contributed by atoms with Crippen molar-refractivity contribution in [3.8, 4) is 0 Å². The van der Waals surface area contributed by atoms with Crippen molar-refractivity contribution < 1.29 is 4.52 Å². The summed E-state index contributed by atoms with van der Waals surface area (Å²) in [7, 11) is 0. The van der Waals surface area contributed by atoms with Crippen molar-refractivity contribution in [2.45, 2.75) is 26.4 Å². The molecule has 0 radical (unpaired) electrons. The molecule has 0 saturated carbocycles. The minimum Gasteiger partial charge on any atom is -0.365 e. The predicted molar refractivity (Wildman–Crippen MR) is 75.1 cm³/mol. The van der Waals surface area contributed by atoms with E-state index in [0.717, 1.165) is 38.3 Å². The number of fused-ring (bicyclic) bond motifs is 1. The number of nitrogens with zero attached hydrogens (tertiary/aromatic N) is 2. The second-order valence-electron chi connectivity index (χ2n) is 4.87. The molecule has 1 aromatic heterocycles. The van der Waals surface area contributed by atoms with E-state index < -0.39 is 0 Å². The van der Waals surface area contributed by atoms with Gasteiger partial charge in [0.1, 0.15) is 6.26 Å². The van der Waals surface area contributed by atoms with Crippen molar-refractivity contribution >= 4 is 5.69 Å². The Morgan fingerprint density at radius 2 is 2.26 bits per heavy atom. The second kappa shape index (κ2) is 5.45. The average molecular weight is 257 g/mol. The Morgan fingerprint density at radius 3 is 3.16 bits per heavy atom. The van der Waals surface area contributed by atoms with Crippen LogP contribution in [0.1, 0.15) is 23.7 Å². The Balaban J connectivity index is 1.88. The number of hydrogen-bond acceptors (Lipinski definition) is 4. The highest BCUT2D eigenvalue weighted by Gasteiger charge is 2.17. The topological polar surface area (TPSA) is 41.3 Å². The minimum atomic E-state index is 0.866. The highest BCUT2D eigenvalue weighted by molar-refractivity contribution is 5.54. The molecule has 0 unspecified atom stereocenters. The lowest BCUT2D eigenvalue weighted by Gasteiger charge is -2.24. The van der Waals surface area contributed by atoms with Crippen LogP contribution in [0.5, 0.6) is 0 Å². The lowest BCUT2D eigenvalue weighted by molar-refractivity contribution is 0.412. The zero-order valence-corrected chi connectivity index (χ0v) is 11.2. The van der Waals surface area contributed by atoms with Crippen LogP contribution in [0.3, 0.4) is 0 Å². The summed E-state index contributed by atoms with van der Waals surface area (Å²) in [6.07, 6.45) is 2.69. The molecule has 0 aliphatic carbocycles. The molecule has 1 aliphatic rings. The van der Waals surface area contributed by atoms with Crippen LogP contribution in [-0.4, -0.2) is 18.2 Å². The highest BCUT2D eigenvalue weighted by Crippen LogP contribution is 2.24. The van der Waals surface area contributed by atoms with E-state index in [1.807, 2.05) is 0 Å². The zero-order chi connectivity index (χ0) is 13.1. The van der Waals surface area contributed by atoms with E-state index in [4.69, 9.17) is 4.52 Å². The predicted octanol–water partition coefficient (Wildman–Crippen LogP) is 2.35. The molecule has 0 fully saturated rings. The van der Waals surface area contributed by atoms with Gasteiger partial charge in [-0.15, -0.1) is 0 Å². The molecular formula is C15H19N3O. The first-order valence-electron chi connectivity index (χ1n) is 6.84. The fourth-order valence-corrected chi connectivity index (χ4v) is 2.60. The van der Waals surface area contributed by atoms with Gasteiger partial charge in [-0.3, -0.25) is 0 Å². The van der Waals surface area contributed by atoms with E-state index in [0.29, 0.717) is 0 Å². The van der Waals surface area contributed by atoms with Crippen LogP contribution in [-0.2, 0) is 19.5 Å². The van der Waals surface area contributed by atoms with Gasteiger partial charge < -0.3 is 14.7 Å². The number of hydrogen-bond donors (Lipinski definition) is 1. The number of nitrogens with one attached hydrogen (secondary N) is 1. The Bertz CT molecular complexity index is 550. The molecule has 1 N–H and O–H groups in total. The summed E-state index contributed by atoms with van der Waals surface area (Å²) in [6.45, 7) is 5.92. The molecule has 2 aromatic rings. The van der Waals surface area contributed by atoms with Gasteiger partial charge in [0.15, 0.2) is 0 Å². The monoisotopic (exact) mass is 257 g/mol. The maximum atomic E-state index is 5.11. The minimum absolute atomic E-state index is 0.866. The Kier molecular flexibility index (Phi) is 3.51. The second-order valence-corrected chi connectivity index (χ2v) is 4.87. The van der Waals surface area contributed by atoms with Crippen molar-refractivity contribution in [2.24, 2.45) is 0 Å². The number of anilines is 1. The highest BCUT2D eigenvalue weighted by atomic mass is 16.5. The normalized spacial score (nSPS) is 15.1. The largest absolute Gasteiger partial charge is 0.365 e. The first-order valence-corrected chi connectivity index (χ1v) is 6.84. The lowest BCUT2D eigenvalue weighted by atomic mass is 10.1. The van der Waals surface area contributed by atoms with E-state index >= 15 is 0 Å². The molecular weight excluding hydrogens is 238 g/mol. The van der Waals surface area contributed by atoms with Gasteiger partial charge in [0.2, 0.25) is 0 Å². The van der Waals surface area contributed by atoms with Crippen LogP contribution < -0.4 is 10.2 Å². The number of para-hydroxylation sites is 1. The van der Waals surface area contributed by atoms with Crippen LogP contribution in [0.25, 0.3) is 0 Å². The van der Waals surface area contributed by atoms with Gasteiger partial charge in [0, 0.05) is 37.4 Å². The number of aromatic nitrogens is 1. The SMILES string of the molecule is CCc1nocc1CN1CCNCc2ccccc21. The first kappa shape index (κ1) is 12.2. The van der Waals surface area contributed by atoms with Crippen molar-refractivity contribution in [1.29, 1.82) is 0 Å². The van der Waals surface area contributed by atoms with E-state index in [-0.39, 0.29) is 0 Å².